The minimum absolute atomic E-state index is 0.0814. The van der Waals surface area contributed by atoms with Crippen LogP contribution in [0.1, 0.15) is 29.6 Å². The summed E-state index contributed by atoms with van der Waals surface area (Å²) >= 11 is 5.77. The Bertz CT molecular complexity index is 1400. The van der Waals surface area contributed by atoms with E-state index in [0.717, 1.165) is 6.42 Å². The molecule has 5 rings (SSSR count). The lowest BCUT2D eigenvalue weighted by Crippen LogP contribution is -2.55. The van der Waals surface area contributed by atoms with Crippen molar-refractivity contribution in [3.63, 3.8) is 0 Å². The van der Waals surface area contributed by atoms with Crippen LogP contribution in [-0.4, -0.2) is 34.5 Å². The van der Waals surface area contributed by atoms with Gasteiger partial charge in [0.05, 0.1) is 11.3 Å². The Balaban J connectivity index is 1.64. The van der Waals surface area contributed by atoms with Crippen LogP contribution in [0, 0.1) is 12.4 Å². The Morgan fingerprint density at radius 2 is 1.97 bits per heavy atom. The number of fused-ring (bicyclic) bond motifs is 1. The molecule has 2 amide bonds. The van der Waals surface area contributed by atoms with E-state index >= 15 is 0 Å². The second kappa shape index (κ2) is 7.60. The van der Waals surface area contributed by atoms with Gasteiger partial charge < -0.3 is 15.1 Å². The van der Waals surface area contributed by atoms with E-state index in [-0.39, 0.29) is 22.4 Å². The summed E-state index contributed by atoms with van der Waals surface area (Å²) in [5.74, 6) is -1.17. The van der Waals surface area contributed by atoms with Crippen LogP contribution >= 0.6 is 12.2 Å². The normalized spacial score (nSPS) is 16.8. The van der Waals surface area contributed by atoms with Crippen LogP contribution in [0.15, 0.2) is 48.7 Å². The smallest absolute Gasteiger partial charge is 0.277 e. The molecule has 0 unspecified atom stereocenters. The van der Waals surface area contributed by atoms with Gasteiger partial charge in [-0.25, -0.2) is 4.39 Å². The van der Waals surface area contributed by atoms with E-state index in [2.05, 4.69) is 15.1 Å². The molecule has 1 saturated heterocycles. The molecule has 1 aliphatic carbocycles. The van der Waals surface area contributed by atoms with Crippen LogP contribution in [0.4, 0.5) is 21.6 Å². The van der Waals surface area contributed by atoms with E-state index in [1.165, 1.54) is 30.3 Å². The standard InChI is InChI=1S/C24H18FN5O2S/c1-26-20-16-7-4-3-6-15(16)19(13-28-20)29-22(32)24(10-5-11-24)30(23(29)33)14-8-9-17(18(25)12-14)21(31)27-2/h3-4,6-9,12-13H,5,10-11H2,2H3,(H,27,31). The number of carbonyl (C=O) groups excluding carboxylic acids is 2. The lowest BCUT2D eigenvalue weighted by molar-refractivity contribution is -0.123. The second-order valence-electron chi connectivity index (χ2n) is 8.01. The Morgan fingerprint density at radius 3 is 2.58 bits per heavy atom. The molecule has 1 saturated carbocycles. The molecule has 3 aromatic rings. The predicted molar refractivity (Wildman–Crippen MR) is 127 cm³/mol. The molecular weight excluding hydrogens is 441 g/mol. The van der Waals surface area contributed by atoms with Gasteiger partial charge >= 0.3 is 0 Å². The van der Waals surface area contributed by atoms with Gasteiger partial charge in [0.25, 0.3) is 17.6 Å². The number of thiocarbonyl (C=S) groups is 1. The number of amides is 2. The highest BCUT2D eigenvalue weighted by molar-refractivity contribution is 7.81. The molecule has 0 bridgehead atoms. The Kier molecular flexibility index (Phi) is 4.83. The molecule has 164 valence electrons. The van der Waals surface area contributed by atoms with Gasteiger partial charge in [-0.1, -0.05) is 30.8 Å². The first kappa shape index (κ1) is 21.0. The third kappa shape index (κ3) is 2.91. The van der Waals surface area contributed by atoms with Gasteiger partial charge in [0.2, 0.25) is 0 Å². The average Bonchev–Trinajstić information content (AvgIpc) is 3.04. The molecule has 2 aliphatic rings. The summed E-state index contributed by atoms with van der Waals surface area (Å²) in [7, 11) is 1.43. The van der Waals surface area contributed by atoms with Gasteiger partial charge in [0.1, 0.15) is 17.6 Å². The predicted octanol–water partition coefficient (Wildman–Crippen LogP) is 4.35. The van der Waals surface area contributed by atoms with Crippen molar-refractivity contribution < 1.29 is 14.0 Å². The lowest BCUT2D eigenvalue weighted by Gasteiger charge is -2.43. The van der Waals surface area contributed by atoms with Crippen LogP contribution in [-0.2, 0) is 4.79 Å². The molecule has 33 heavy (non-hydrogen) atoms. The minimum Gasteiger partial charge on any atom is -0.360 e. The van der Waals surface area contributed by atoms with Crippen LogP contribution < -0.4 is 15.1 Å². The van der Waals surface area contributed by atoms with Gasteiger partial charge in [0.15, 0.2) is 5.11 Å². The SMILES string of the molecule is [C-]#[N+]c1ncc(N2C(=O)C3(CCC3)N(c3ccc(C(=O)NC)c(F)c3)C2=S)c2ccccc12. The van der Waals surface area contributed by atoms with Crippen molar-refractivity contribution in [1.29, 1.82) is 0 Å². The Labute approximate surface area is 194 Å². The zero-order valence-electron chi connectivity index (χ0n) is 17.6. The quantitative estimate of drug-likeness (QED) is 0.466. The summed E-state index contributed by atoms with van der Waals surface area (Å²) in [6, 6.07) is 11.5. The largest absolute Gasteiger partial charge is 0.360 e. The highest BCUT2D eigenvalue weighted by Crippen LogP contribution is 2.49. The zero-order valence-corrected chi connectivity index (χ0v) is 18.4. The summed E-state index contributed by atoms with van der Waals surface area (Å²) in [6.07, 6.45) is 3.48. The number of aromatic nitrogens is 1. The fraction of sp³-hybridized carbons (Fsp3) is 0.208. The Morgan fingerprint density at radius 1 is 1.24 bits per heavy atom. The van der Waals surface area contributed by atoms with Gasteiger partial charge in [-0.3, -0.25) is 14.5 Å². The second-order valence-corrected chi connectivity index (χ2v) is 8.38. The van der Waals surface area contributed by atoms with Crippen LogP contribution in [0.5, 0.6) is 0 Å². The van der Waals surface area contributed by atoms with Gasteiger partial charge in [-0.15, -0.1) is 4.98 Å². The molecular formula is C24H18FN5O2S. The molecule has 7 nitrogen and oxygen atoms in total. The van der Waals surface area contributed by atoms with E-state index in [1.807, 2.05) is 18.2 Å². The number of benzene rings is 2. The number of hydrogen-bond donors (Lipinski definition) is 1. The molecule has 9 heteroatoms. The first-order chi connectivity index (χ1) is 15.9. The van der Waals surface area contributed by atoms with Crippen molar-refractivity contribution in [2.24, 2.45) is 0 Å². The maximum Gasteiger partial charge on any atom is 0.277 e. The fourth-order valence-electron chi connectivity index (χ4n) is 4.58. The number of anilines is 2. The number of nitrogens with zero attached hydrogens (tertiary/aromatic N) is 4. The number of carbonyl (C=O) groups is 2. The summed E-state index contributed by atoms with van der Waals surface area (Å²) in [4.78, 5) is 36.5. The van der Waals surface area contributed by atoms with E-state index in [4.69, 9.17) is 18.8 Å². The van der Waals surface area contributed by atoms with Crippen molar-refractivity contribution in [3.05, 3.63) is 71.5 Å². The third-order valence-corrected chi connectivity index (χ3v) is 6.74. The molecule has 1 N–H and O–H groups in total. The summed E-state index contributed by atoms with van der Waals surface area (Å²) in [6.45, 7) is 7.40. The summed E-state index contributed by atoms with van der Waals surface area (Å²) in [5.41, 5.74) is -0.0837. The van der Waals surface area contributed by atoms with Crippen molar-refractivity contribution in [2.45, 2.75) is 24.8 Å². The van der Waals surface area contributed by atoms with Gasteiger partial charge in [0, 0.05) is 23.5 Å². The van der Waals surface area contributed by atoms with Crippen LogP contribution in [0.3, 0.4) is 0 Å². The maximum absolute atomic E-state index is 14.8. The molecule has 2 aromatic carbocycles. The Hall–Kier alpha value is -3.90. The van der Waals surface area contributed by atoms with E-state index in [9.17, 15) is 14.0 Å². The first-order valence-corrected chi connectivity index (χ1v) is 10.8. The van der Waals surface area contributed by atoms with E-state index in [0.29, 0.717) is 35.0 Å². The highest BCUT2D eigenvalue weighted by atomic mass is 32.1. The van der Waals surface area contributed by atoms with E-state index < -0.39 is 17.3 Å². The van der Waals surface area contributed by atoms with Crippen LogP contribution in [0.2, 0.25) is 0 Å². The lowest BCUT2D eigenvalue weighted by atomic mass is 9.75. The monoisotopic (exact) mass is 459 g/mol. The topological polar surface area (TPSA) is 69.9 Å². The van der Waals surface area contributed by atoms with Gasteiger partial charge in [-0.05, 0) is 49.7 Å². The number of rotatable bonds is 3. The summed E-state index contributed by atoms with van der Waals surface area (Å²) < 4.78 is 14.8. The molecule has 1 aliphatic heterocycles. The first-order valence-electron chi connectivity index (χ1n) is 10.4. The fourth-order valence-corrected chi connectivity index (χ4v) is 5.05. The molecule has 1 aromatic heterocycles. The van der Waals surface area contributed by atoms with E-state index in [1.54, 1.807) is 17.0 Å². The van der Waals surface area contributed by atoms with Crippen molar-refractivity contribution >= 4 is 57.1 Å². The van der Waals surface area contributed by atoms with Crippen molar-refractivity contribution in [2.75, 3.05) is 16.8 Å². The van der Waals surface area contributed by atoms with Crippen molar-refractivity contribution in [1.82, 2.24) is 10.3 Å². The minimum atomic E-state index is -0.905. The maximum atomic E-state index is 14.8. The molecule has 0 radical (unpaired) electrons. The molecule has 1 spiro atoms. The van der Waals surface area contributed by atoms with Crippen molar-refractivity contribution in [3.8, 4) is 0 Å². The number of nitrogens with one attached hydrogen (secondary N) is 1. The molecule has 2 heterocycles. The third-order valence-electron chi connectivity index (χ3n) is 6.37. The molecule has 2 fully saturated rings. The zero-order chi connectivity index (χ0) is 23.3. The summed E-state index contributed by atoms with van der Waals surface area (Å²) in [5, 5.41) is 3.94. The van der Waals surface area contributed by atoms with Gasteiger partial charge in [-0.2, -0.15) is 0 Å². The number of halogens is 1. The highest BCUT2D eigenvalue weighted by Gasteiger charge is 2.60. The molecule has 0 atom stereocenters. The number of hydrogen-bond acceptors (Lipinski definition) is 4. The number of pyridine rings is 1. The van der Waals surface area contributed by atoms with Crippen LogP contribution in [0.25, 0.3) is 15.6 Å². The average molecular weight is 460 g/mol.